The van der Waals surface area contributed by atoms with Gasteiger partial charge in [0.25, 0.3) is 0 Å². The molecule has 1 heterocycles. The Hall–Kier alpha value is -2.39. The van der Waals surface area contributed by atoms with Crippen LogP contribution in [-0.4, -0.2) is 58.9 Å². The van der Waals surface area contributed by atoms with Gasteiger partial charge in [0.15, 0.2) is 5.17 Å². The van der Waals surface area contributed by atoms with Gasteiger partial charge < -0.3 is 20.4 Å². The van der Waals surface area contributed by atoms with Crippen LogP contribution in [0.3, 0.4) is 0 Å². The number of carboxylic acid groups (broad SMARTS) is 1. The van der Waals surface area contributed by atoms with E-state index in [0.29, 0.717) is 11.7 Å². The van der Waals surface area contributed by atoms with Crippen molar-refractivity contribution in [2.75, 3.05) is 25.1 Å². The molecule has 1 atom stereocenters. The van der Waals surface area contributed by atoms with E-state index in [0.717, 1.165) is 23.0 Å². The molecule has 0 aromatic heterocycles. The van der Waals surface area contributed by atoms with E-state index in [4.69, 9.17) is 10.2 Å². The molecule has 2 rings (SSSR count). The summed E-state index contributed by atoms with van der Waals surface area (Å²) in [7, 11) is 1.89. The molecule has 1 aliphatic heterocycles. The number of hydrogen-bond donors (Lipinski definition) is 3. The number of thioether (sulfide) groups is 1. The highest BCUT2D eigenvalue weighted by molar-refractivity contribution is 8.15. The summed E-state index contributed by atoms with van der Waals surface area (Å²) in [6.45, 7) is 0.638. The SMILES string of the molecule is CN(CCO)c1ccc(C=NN=C2NC(=O)C(CC(=O)O)S2)cc1. The zero-order valence-corrected chi connectivity index (χ0v) is 13.9. The highest BCUT2D eigenvalue weighted by Crippen LogP contribution is 2.22. The first-order valence-electron chi connectivity index (χ1n) is 7.22. The number of carbonyl (C=O) groups is 2. The summed E-state index contributed by atoms with van der Waals surface area (Å²) in [5.41, 5.74) is 1.81. The number of carbonyl (C=O) groups excluding carboxylic acids is 1. The van der Waals surface area contributed by atoms with E-state index < -0.39 is 11.2 Å². The first-order chi connectivity index (χ1) is 11.5. The van der Waals surface area contributed by atoms with Crippen molar-refractivity contribution in [3.05, 3.63) is 29.8 Å². The summed E-state index contributed by atoms with van der Waals surface area (Å²) in [5, 5.41) is 27.6. The molecule has 1 aromatic carbocycles. The van der Waals surface area contributed by atoms with E-state index >= 15 is 0 Å². The molecule has 0 bridgehead atoms. The van der Waals surface area contributed by atoms with Gasteiger partial charge in [0, 0.05) is 19.3 Å². The Kier molecular flexibility index (Phi) is 6.33. The highest BCUT2D eigenvalue weighted by atomic mass is 32.2. The average Bonchev–Trinajstić information content (AvgIpc) is 2.87. The summed E-state index contributed by atoms with van der Waals surface area (Å²) < 4.78 is 0. The summed E-state index contributed by atoms with van der Waals surface area (Å²) in [4.78, 5) is 24.1. The number of likely N-dealkylation sites (N-methyl/N-ethyl adjacent to an activating group) is 1. The number of carboxylic acids is 1. The number of amides is 1. The van der Waals surface area contributed by atoms with Gasteiger partial charge in [-0.15, -0.1) is 5.10 Å². The molecule has 0 radical (unpaired) electrons. The first kappa shape index (κ1) is 18.0. The third-order valence-corrected chi connectivity index (χ3v) is 4.33. The molecule has 1 fully saturated rings. The van der Waals surface area contributed by atoms with Gasteiger partial charge in [-0.1, -0.05) is 23.9 Å². The fourth-order valence-corrected chi connectivity index (χ4v) is 2.90. The Bertz CT molecular complexity index is 660. The number of aliphatic hydroxyl groups excluding tert-OH is 1. The van der Waals surface area contributed by atoms with Gasteiger partial charge in [-0.2, -0.15) is 5.10 Å². The lowest BCUT2D eigenvalue weighted by molar-refractivity contribution is -0.138. The minimum Gasteiger partial charge on any atom is -0.481 e. The highest BCUT2D eigenvalue weighted by Gasteiger charge is 2.32. The van der Waals surface area contributed by atoms with Crippen molar-refractivity contribution in [2.24, 2.45) is 10.2 Å². The molecule has 1 saturated heterocycles. The van der Waals surface area contributed by atoms with Crippen LogP contribution < -0.4 is 10.2 Å². The summed E-state index contributed by atoms with van der Waals surface area (Å²) in [6.07, 6.45) is 1.29. The topological polar surface area (TPSA) is 115 Å². The van der Waals surface area contributed by atoms with Gasteiger partial charge in [-0.05, 0) is 17.7 Å². The zero-order valence-electron chi connectivity index (χ0n) is 13.0. The van der Waals surface area contributed by atoms with Gasteiger partial charge in [0.1, 0.15) is 5.25 Å². The van der Waals surface area contributed by atoms with Crippen LogP contribution in [0.2, 0.25) is 0 Å². The molecule has 8 nitrogen and oxygen atoms in total. The normalized spacial score (nSPS) is 19.0. The second kappa shape index (κ2) is 8.46. The maximum absolute atomic E-state index is 11.6. The van der Waals surface area contributed by atoms with E-state index in [-0.39, 0.29) is 18.9 Å². The molecule has 0 saturated carbocycles. The molecule has 1 unspecified atom stereocenters. The van der Waals surface area contributed by atoms with Gasteiger partial charge in [0.05, 0.1) is 19.2 Å². The molecule has 24 heavy (non-hydrogen) atoms. The molecular weight excluding hydrogens is 332 g/mol. The molecule has 1 aliphatic rings. The summed E-state index contributed by atoms with van der Waals surface area (Å²) in [5.74, 6) is -1.40. The molecule has 0 aliphatic carbocycles. The number of nitrogens with one attached hydrogen (secondary N) is 1. The van der Waals surface area contributed by atoms with Crippen molar-refractivity contribution < 1.29 is 19.8 Å². The number of aliphatic hydroxyl groups is 1. The molecular formula is C15H18N4O4S. The van der Waals surface area contributed by atoms with E-state index in [1.807, 2.05) is 36.2 Å². The Morgan fingerprint density at radius 2 is 2.12 bits per heavy atom. The Balaban J connectivity index is 1.94. The van der Waals surface area contributed by atoms with Gasteiger partial charge in [-0.25, -0.2) is 0 Å². The van der Waals surface area contributed by atoms with E-state index in [1.54, 1.807) is 6.21 Å². The number of benzene rings is 1. The van der Waals surface area contributed by atoms with E-state index in [1.165, 1.54) is 0 Å². The second-order valence-electron chi connectivity index (χ2n) is 5.08. The molecule has 9 heteroatoms. The molecule has 1 aromatic rings. The molecule has 128 valence electrons. The smallest absolute Gasteiger partial charge is 0.305 e. The van der Waals surface area contributed by atoms with E-state index in [9.17, 15) is 9.59 Å². The van der Waals surface area contributed by atoms with Crippen LogP contribution in [0.15, 0.2) is 34.5 Å². The third-order valence-electron chi connectivity index (χ3n) is 3.26. The summed E-state index contributed by atoms with van der Waals surface area (Å²) >= 11 is 1.06. The number of nitrogens with zero attached hydrogens (tertiary/aromatic N) is 3. The summed E-state index contributed by atoms with van der Waals surface area (Å²) in [6, 6.07) is 7.53. The van der Waals surface area contributed by atoms with Crippen LogP contribution >= 0.6 is 11.8 Å². The second-order valence-corrected chi connectivity index (χ2v) is 6.27. The number of hydrogen-bond acceptors (Lipinski definition) is 7. The van der Waals surface area contributed by atoms with Crippen LogP contribution in [0.5, 0.6) is 0 Å². The van der Waals surface area contributed by atoms with Crippen LogP contribution in [0.1, 0.15) is 12.0 Å². The van der Waals surface area contributed by atoms with Crippen molar-refractivity contribution in [2.45, 2.75) is 11.7 Å². The number of aliphatic carboxylic acids is 1. The van der Waals surface area contributed by atoms with Crippen LogP contribution in [0.25, 0.3) is 0 Å². The lowest BCUT2D eigenvalue weighted by atomic mass is 10.2. The van der Waals surface area contributed by atoms with Gasteiger partial charge in [-0.3, -0.25) is 9.59 Å². The number of rotatable bonds is 7. The number of anilines is 1. The quantitative estimate of drug-likeness (QED) is 0.488. The Morgan fingerprint density at radius 3 is 2.75 bits per heavy atom. The Morgan fingerprint density at radius 1 is 1.42 bits per heavy atom. The fourth-order valence-electron chi connectivity index (χ4n) is 1.99. The lowest BCUT2D eigenvalue weighted by Crippen LogP contribution is -2.26. The fraction of sp³-hybridized carbons (Fsp3) is 0.333. The van der Waals surface area contributed by atoms with Crippen molar-refractivity contribution in [1.29, 1.82) is 0 Å². The zero-order chi connectivity index (χ0) is 17.5. The van der Waals surface area contributed by atoms with E-state index in [2.05, 4.69) is 15.5 Å². The minimum atomic E-state index is -1.03. The molecule has 1 amide bonds. The largest absolute Gasteiger partial charge is 0.481 e. The number of amidine groups is 1. The minimum absolute atomic E-state index is 0.0868. The van der Waals surface area contributed by atoms with Crippen LogP contribution in [0, 0.1) is 0 Å². The van der Waals surface area contributed by atoms with Gasteiger partial charge in [0.2, 0.25) is 5.91 Å². The monoisotopic (exact) mass is 350 g/mol. The van der Waals surface area contributed by atoms with Crippen molar-refractivity contribution in [1.82, 2.24) is 5.32 Å². The molecule has 0 spiro atoms. The van der Waals surface area contributed by atoms with Crippen LogP contribution in [0.4, 0.5) is 5.69 Å². The van der Waals surface area contributed by atoms with Gasteiger partial charge >= 0.3 is 5.97 Å². The predicted octanol–water partition coefficient (Wildman–Crippen LogP) is 0.511. The standard InChI is InChI=1S/C15H18N4O4S/c1-19(6-7-20)11-4-2-10(3-5-11)9-16-18-15-17-14(23)12(24-15)8-13(21)22/h2-5,9,12,20H,6-8H2,1H3,(H,21,22)(H,17,18,23). The predicted molar refractivity (Wildman–Crippen MR) is 93.6 cm³/mol. The molecule has 3 N–H and O–H groups in total. The Labute approximate surface area is 143 Å². The van der Waals surface area contributed by atoms with Crippen LogP contribution in [-0.2, 0) is 9.59 Å². The van der Waals surface area contributed by atoms with Crippen molar-refractivity contribution >= 4 is 40.7 Å². The van der Waals surface area contributed by atoms with Crippen molar-refractivity contribution in [3.63, 3.8) is 0 Å². The average molecular weight is 350 g/mol. The maximum Gasteiger partial charge on any atom is 0.305 e. The maximum atomic E-state index is 11.6. The first-order valence-corrected chi connectivity index (χ1v) is 8.10. The lowest BCUT2D eigenvalue weighted by Gasteiger charge is -2.17. The van der Waals surface area contributed by atoms with Crippen molar-refractivity contribution in [3.8, 4) is 0 Å². The third kappa shape index (κ3) is 5.07.